The predicted molar refractivity (Wildman–Crippen MR) is 101 cm³/mol. The number of benzene rings is 3. The van der Waals surface area contributed by atoms with E-state index in [4.69, 9.17) is 0 Å². The van der Waals surface area contributed by atoms with Crippen LogP contribution in [0, 0.1) is 5.82 Å². The molecular weight excluding hydrogens is 333 g/mol. The Morgan fingerprint density at radius 1 is 0.880 bits per heavy atom. The van der Waals surface area contributed by atoms with Crippen molar-refractivity contribution in [2.45, 2.75) is 17.1 Å². The van der Waals surface area contributed by atoms with E-state index in [-0.39, 0.29) is 18.1 Å². The maximum atomic E-state index is 13.7. The SMILES string of the molecule is O=C(Cc1ccccc1F)Nc1ccccc1SCc1ccccc1. The lowest BCUT2D eigenvalue weighted by atomic mass is 10.1. The summed E-state index contributed by atoms with van der Waals surface area (Å²) in [4.78, 5) is 13.3. The van der Waals surface area contributed by atoms with Crippen LogP contribution in [0.3, 0.4) is 0 Å². The van der Waals surface area contributed by atoms with Gasteiger partial charge in [0.15, 0.2) is 0 Å². The molecule has 0 fully saturated rings. The minimum Gasteiger partial charge on any atom is -0.325 e. The largest absolute Gasteiger partial charge is 0.325 e. The monoisotopic (exact) mass is 351 g/mol. The van der Waals surface area contributed by atoms with Gasteiger partial charge in [-0.15, -0.1) is 11.8 Å². The summed E-state index contributed by atoms with van der Waals surface area (Å²) in [7, 11) is 0. The normalized spacial score (nSPS) is 10.4. The number of amides is 1. The molecule has 0 atom stereocenters. The number of halogens is 1. The van der Waals surface area contributed by atoms with Crippen molar-refractivity contribution in [3.8, 4) is 0 Å². The Morgan fingerprint density at radius 2 is 1.56 bits per heavy atom. The van der Waals surface area contributed by atoms with E-state index in [1.54, 1.807) is 30.0 Å². The van der Waals surface area contributed by atoms with Crippen LogP contribution in [-0.4, -0.2) is 5.91 Å². The minimum absolute atomic E-state index is 0.0182. The average Bonchev–Trinajstić information content (AvgIpc) is 2.64. The Hall–Kier alpha value is -2.59. The predicted octanol–water partition coefficient (Wildman–Crippen LogP) is 5.30. The van der Waals surface area contributed by atoms with E-state index in [2.05, 4.69) is 17.4 Å². The van der Waals surface area contributed by atoms with Gasteiger partial charge in [0.1, 0.15) is 5.82 Å². The molecule has 4 heteroatoms. The molecule has 25 heavy (non-hydrogen) atoms. The number of para-hydroxylation sites is 1. The molecule has 1 amide bonds. The van der Waals surface area contributed by atoms with Gasteiger partial charge in [0.25, 0.3) is 0 Å². The topological polar surface area (TPSA) is 29.1 Å². The van der Waals surface area contributed by atoms with Crippen LogP contribution in [-0.2, 0) is 17.0 Å². The van der Waals surface area contributed by atoms with Crippen LogP contribution in [0.1, 0.15) is 11.1 Å². The van der Waals surface area contributed by atoms with Crippen LogP contribution < -0.4 is 5.32 Å². The summed E-state index contributed by atoms with van der Waals surface area (Å²) in [5, 5.41) is 2.90. The quantitative estimate of drug-likeness (QED) is 0.611. The van der Waals surface area contributed by atoms with Gasteiger partial charge < -0.3 is 5.32 Å². The van der Waals surface area contributed by atoms with Gasteiger partial charge in [-0.25, -0.2) is 4.39 Å². The van der Waals surface area contributed by atoms with Crippen molar-refractivity contribution in [3.63, 3.8) is 0 Å². The number of hydrogen-bond donors (Lipinski definition) is 1. The number of carbonyl (C=O) groups excluding carboxylic acids is 1. The molecule has 3 aromatic rings. The molecule has 126 valence electrons. The van der Waals surface area contributed by atoms with Crippen LogP contribution in [0.4, 0.5) is 10.1 Å². The first-order valence-electron chi connectivity index (χ1n) is 8.01. The number of thioether (sulfide) groups is 1. The molecule has 0 aliphatic rings. The maximum absolute atomic E-state index is 13.7. The van der Waals surface area contributed by atoms with Gasteiger partial charge in [0.05, 0.1) is 12.1 Å². The van der Waals surface area contributed by atoms with Gasteiger partial charge in [-0.2, -0.15) is 0 Å². The second kappa shape index (κ2) is 8.49. The van der Waals surface area contributed by atoms with Crippen molar-refractivity contribution in [1.82, 2.24) is 0 Å². The number of nitrogens with one attached hydrogen (secondary N) is 1. The van der Waals surface area contributed by atoms with Gasteiger partial charge in [0, 0.05) is 10.6 Å². The first kappa shape index (κ1) is 17.2. The van der Waals surface area contributed by atoms with Crippen molar-refractivity contribution in [2.75, 3.05) is 5.32 Å². The standard InChI is InChI=1S/C21H18FNOS/c22-18-11-5-4-10-17(18)14-21(24)23-19-12-6-7-13-20(19)25-15-16-8-2-1-3-9-16/h1-13H,14-15H2,(H,23,24). The lowest BCUT2D eigenvalue weighted by Crippen LogP contribution is -2.15. The molecule has 3 rings (SSSR count). The third kappa shape index (κ3) is 4.94. The van der Waals surface area contributed by atoms with Crippen LogP contribution >= 0.6 is 11.8 Å². The highest BCUT2D eigenvalue weighted by Crippen LogP contribution is 2.29. The summed E-state index contributed by atoms with van der Waals surface area (Å²) in [6.45, 7) is 0. The molecule has 0 unspecified atom stereocenters. The van der Waals surface area contributed by atoms with E-state index >= 15 is 0 Å². The fourth-order valence-electron chi connectivity index (χ4n) is 2.44. The van der Waals surface area contributed by atoms with Crippen LogP contribution in [0.2, 0.25) is 0 Å². The number of carbonyl (C=O) groups is 1. The first-order chi connectivity index (χ1) is 12.2. The van der Waals surface area contributed by atoms with Gasteiger partial charge in [-0.05, 0) is 29.3 Å². The van der Waals surface area contributed by atoms with Crippen molar-refractivity contribution in [2.24, 2.45) is 0 Å². The fourth-order valence-corrected chi connectivity index (χ4v) is 3.40. The Morgan fingerprint density at radius 3 is 2.36 bits per heavy atom. The summed E-state index contributed by atoms with van der Waals surface area (Å²) in [5.74, 6) is 0.239. The Kier molecular flexibility index (Phi) is 5.86. The molecule has 0 spiro atoms. The first-order valence-corrected chi connectivity index (χ1v) is 9.00. The molecule has 3 aromatic carbocycles. The number of anilines is 1. The van der Waals surface area contributed by atoms with Crippen LogP contribution in [0.5, 0.6) is 0 Å². The molecule has 0 aliphatic carbocycles. The second-order valence-corrected chi connectivity index (χ2v) is 6.60. The zero-order valence-corrected chi connectivity index (χ0v) is 14.4. The summed E-state index contributed by atoms with van der Waals surface area (Å²) in [6.07, 6.45) is 0.0182. The summed E-state index contributed by atoms with van der Waals surface area (Å²) in [5.41, 5.74) is 2.37. The van der Waals surface area contributed by atoms with E-state index in [1.807, 2.05) is 42.5 Å². The summed E-state index contributed by atoms with van der Waals surface area (Å²) < 4.78 is 13.7. The van der Waals surface area contributed by atoms with E-state index in [9.17, 15) is 9.18 Å². The van der Waals surface area contributed by atoms with E-state index in [1.165, 1.54) is 11.6 Å². The lowest BCUT2D eigenvalue weighted by Gasteiger charge is -2.11. The fraction of sp³-hybridized carbons (Fsp3) is 0.0952. The molecule has 0 heterocycles. The van der Waals surface area contributed by atoms with Crippen molar-refractivity contribution < 1.29 is 9.18 Å². The maximum Gasteiger partial charge on any atom is 0.228 e. The van der Waals surface area contributed by atoms with E-state index in [0.29, 0.717) is 5.56 Å². The number of hydrogen-bond acceptors (Lipinski definition) is 2. The number of rotatable bonds is 6. The second-order valence-electron chi connectivity index (χ2n) is 5.59. The van der Waals surface area contributed by atoms with Crippen molar-refractivity contribution >= 4 is 23.4 Å². The molecular formula is C21H18FNOS. The third-order valence-electron chi connectivity index (χ3n) is 3.71. The minimum atomic E-state index is -0.357. The van der Waals surface area contributed by atoms with Crippen molar-refractivity contribution in [3.05, 3.63) is 95.8 Å². The molecule has 0 saturated heterocycles. The molecule has 2 nitrogen and oxygen atoms in total. The summed E-state index contributed by atoms with van der Waals surface area (Å²) in [6, 6.07) is 24.2. The highest BCUT2D eigenvalue weighted by molar-refractivity contribution is 7.98. The highest BCUT2D eigenvalue weighted by atomic mass is 32.2. The van der Waals surface area contributed by atoms with E-state index < -0.39 is 0 Å². The molecule has 0 aromatic heterocycles. The average molecular weight is 351 g/mol. The lowest BCUT2D eigenvalue weighted by molar-refractivity contribution is -0.115. The zero-order chi connectivity index (χ0) is 17.5. The van der Waals surface area contributed by atoms with Gasteiger partial charge in [0.2, 0.25) is 5.91 Å². The third-order valence-corrected chi connectivity index (χ3v) is 4.85. The molecule has 0 aliphatic heterocycles. The molecule has 1 N–H and O–H groups in total. The molecule has 0 radical (unpaired) electrons. The molecule has 0 saturated carbocycles. The zero-order valence-electron chi connectivity index (χ0n) is 13.6. The van der Waals surface area contributed by atoms with E-state index in [0.717, 1.165) is 16.3 Å². The van der Waals surface area contributed by atoms with Gasteiger partial charge >= 0.3 is 0 Å². The Labute approximate surface area is 151 Å². The Bertz CT molecular complexity index is 851. The summed E-state index contributed by atoms with van der Waals surface area (Å²) >= 11 is 1.66. The smallest absolute Gasteiger partial charge is 0.228 e. The highest BCUT2D eigenvalue weighted by Gasteiger charge is 2.10. The van der Waals surface area contributed by atoms with Gasteiger partial charge in [-0.1, -0.05) is 60.7 Å². The molecule has 0 bridgehead atoms. The Balaban J connectivity index is 1.66. The van der Waals surface area contributed by atoms with Crippen molar-refractivity contribution in [1.29, 1.82) is 0 Å². The van der Waals surface area contributed by atoms with Gasteiger partial charge in [-0.3, -0.25) is 4.79 Å². The van der Waals surface area contributed by atoms with Crippen LogP contribution in [0.15, 0.2) is 83.8 Å². The van der Waals surface area contributed by atoms with Crippen LogP contribution in [0.25, 0.3) is 0 Å².